The Balaban J connectivity index is 2.84. The summed E-state index contributed by atoms with van der Waals surface area (Å²) in [5.74, 6) is 0. The van der Waals surface area contributed by atoms with Gasteiger partial charge >= 0.3 is 0 Å². The fourth-order valence-electron chi connectivity index (χ4n) is 1.15. The van der Waals surface area contributed by atoms with Crippen molar-refractivity contribution >= 4 is 32.7 Å². The number of nitrogens with one attached hydrogen (secondary N) is 1. The van der Waals surface area contributed by atoms with Crippen molar-refractivity contribution in [3.63, 3.8) is 0 Å². The van der Waals surface area contributed by atoms with E-state index in [0.29, 0.717) is 11.0 Å². The van der Waals surface area contributed by atoms with Gasteiger partial charge in [-0.2, -0.15) is 0 Å². The maximum Gasteiger partial charge on any atom is 0.239 e. The minimum Gasteiger partial charge on any atom is -0.345 e. The van der Waals surface area contributed by atoms with E-state index in [9.17, 15) is 8.42 Å². The molecule has 1 heterocycles. The number of imidazole rings is 1. The third-order valence-electron chi connectivity index (χ3n) is 1.78. The fourth-order valence-corrected chi connectivity index (χ4v) is 2.25. The lowest BCUT2D eigenvalue weighted by Gasteiger charge is -2.00. The van der Waals surface area contributed by atoms with Crippen molar-refractivity contribution in [2.45, 2.75) is 4.90 Å². The number of halogens is 1. The topological polar surface area (TPSA) is 88.8 Å². The predicted molar refractivity (Wildman–Crippen MR) is 52.5 cm³/mol. The number of rotatable bonds is 1. The van der Waals surface area contributed by atoms with Crippen LogP contribution in [0.2, 0.25) is 5.02 Å². The maximum atomic E-state index is 11.1. The molecule has 0 amide bonds. The zero-order valence-corrected chi connectivity index (χ0v) is 8.43. The summed E-state index contributed by atoms with van der Waals surface area (Å²) in [5.41, 5.74) is 1.18. The first-order valence-corrected chi connectivity index (χ1v) is 5.56. The lowest BCUT2D eigenvalue weighted by atomic mass is 10.3. The Morgan fingerprint density at radius 1 is 1.43 bits per heavy atom. The summed E-state index contributed by atoms with van der Waals surface area (Å²) in [6.07, 6.45) is 1.45. The Hall–Kier alpha value is -1.11. The van der Waals surface area contributed by atoms with Crippen LogP contribution in [0.15, 0.2) is 23.4 Å². The molecule has 5 nitrogen and oxygen atoms in total. The second-order valence-electron chi connectivity index (χ2n) is 2.75. The third-order valence-corrected chi connectivity index (χ3v) is 3.16. The first-order valence-electron chi connectivity index (χ1n) is 3.64. The number of primary sulfonamides is 1. The standard InChI is InChI=1S/C7H6ClN3O2S/c8-4-1-5-6(11-3-10-5)2-7(4)14(9,12)13/h1-3H,(H,10,11)(H2,9,12,13). The minimum atomic E-state index is -3.78. The van der Waals surface area contributed by atoms with Crippen LogP contribution >= 0.6 is 11.6 Å². The molecule has 3 N–H and O–H groups in total. The lowest BCUT2D eigenvalue weighted by molar-refractivity contribution is 0.598. The summed E-state index contributed by atoms with van der Waals surface area (Å²) in [4.78, 5) is 6.60. The molecule has 7 heteroatoms. The van der Waals surface area contributed by atoms with Crippen molar-refractivity contribution in [1.82, 2.24) is 9.97 Å². The Kier molecular flexibility index (Phi) is 1.99. The second-order valence-corrected chi connectivity index (χ2v) is 4.68. The molecule has 0 aliphatic heterocycles. The first-order chi connectivity index (χ1) is 6.48. The predicted octanol–water partition coefficient (Wildman–Crippen LogP) is 0.864. The van der Waals surface area contributed by atoms with Crippen molar-refractivity contribution in [2.24, 2.45) is 5.14 Å². The number of H-pyrrole nitrogens is 1. The van der Waals surface area contributed by atoms with Crippen LogP contribution in [0.5, 0.6) is 0 Å². The quantitative estimate of drug-likeness (QED) is 0.763. The molecular formula is C7H6ClN3O2S. The molecule has 0 atom stereocenters. The van der Waals surface area contributed by atoms with Crippen molar-refractivity contribution in [2.75, 3.05) is 0 Å². The highest BCUT2D eigenvalue weighted by Gasteiger charge is 2.14. The van der Waals surface area contributed by atoms with Gasteiger partial charge in [0.25, 0.3) is 0 Å². The molecule has 2 rings (SSSR count). The molecule has 0 unspecified atom stereocenters. The highest BCUT2D eigenvalue weighted by molar-refractivity contribution is 7.89. The number of aromatic amines is 1. The van der Waals surface area contributed by atoms with Gasteiger partial charge in [0, 0.05) is 0 Å². The third kappa shape index (κ3) is 1.47. The van der Waals surface area contributed by atoms with Crippen LogP contribution in [-0.4, -0.2) is 18.4 Å². The average molecular weight is 232 g/mol. The van der Waals surface area contributed by atoms with Crippen LogP contribution < -0.4 is 5.14 Å². The monoisotopic (exact) mass is 231 g/mol. The molecule has 0 spiro atoms. The highest BCUT2D eigenvalue weighted by atomic mass is 35.5. The number of benzene rings is 1. The maximum absolute atomic E-state index is 11.1. The SMILES string of the molecule is NS(=O)(=O)c1cc2[nH]cnc2cc1Cl. The van der Waals surface area contributed by atoms with E-state index >= 15 is 0 Å². The van der Waals surface area contributed by atoms with E-state index in [1.165, 1.54) is 18.5 Å². The molecule has 14 heavy (non-hydrogen) atoms. The van der Waals surface area contributed by atoms with Crippen LogP contribution in [0.25, 0.3) is 11.0 Å². The van der Waals surface area contributed by atoms with Crippen molar-refractivity contribution in [3.8, 4) is 0 Å². The molecule has 74 valence electrons. The summed E-state index contributed by atoms with van der Waals surface area (Å²) in [6, 6.07) is 2.81. The van der Waals surface area contributed by atoms with Crippen LogP contribution in [0.1, 0.15) is 0 Å². The molecule has 1 aromatic heterocycles. The Labute approximate surface area is 84.9 Å². The summed E-state index contributed by atoms with van der Waals surface area (Å²) < 4.78 is 22.2. The lowest BCUT2D eigenvalue weighted by Crippen LogP contribution is -2.12. The van der Waals surface area contributed by atoms with Crippen LogP contribution in [0.4, 0.5) is 0 Å². The molecule has 0 bridgehead atoms. The molecule has 0 aliphatic rings. The molecule has 0 fully saturated rings. The minimum absolute atomic E-state index is 0.0760. The van der Waals surface area contributed by atoms with Crippen LogP contribution in [-0.2, 0) is 10.0 Å². The van der Waals surface area contributed by atoms with E-state index in [2.05, 4.69) is 9.97 Å². The number of nitrogens with two attached hydrogens (primary N) is 1. The number of nitrogens with zero attached hydrogens (tertiary/aromatic N) is 1. The van der Waals surface area contributed by atoms with Crippen molar-refractivity contribution in [1.29, 1.82) is 0 Å². The molecule has 0 saturated carbocycles. The van der Waals surface area contributed by atoms with Gasteiger partial charge in [0.2, 0.25) is 10.0 Å². The van der Waals surface area contributed by atoms with E-state index in [0.717, 1.165) is 0 Å². The second kappa shape index (κ2) is 2.94. The van der Waals surface area contributed by atoms with Gasteiger partial charge in [-0.25, -0.2) is 18.5 Å². The van der Waals surface area contributed by atoms with E-state index in [1.807, 2.05) is 0 Å². The Morgan fingerprint density at radius 3 is 2.79 bits per heavy atom. The number of hydrogen-bond donors (Lipinski definition) is 2. The van der Waals surface area contributed by atoms with Crippen molar-refractivity contribution < 1.29 is 8.42 Å². The van der Waals surface area contributed by atoms with E-state index < -0.39 is 10.0 Å². The van der Waals surface area contributed by atoms with Crippen LogP contribution in [0, 0.1) is 0 Å². The number of sulfonamides is 1. The van der Waals surface area contributed by atoms with E-state index in [4.69, 9.17) is 16.7 Å². The number of fused-ring (bicyclic) bond motifs is 1. The Bertz CT molecular complexity index is 590. The summed E-state index contributed by atoms with van der Waals surface area (Å²) in [5, 5.41) is 5.05. The number of aromatic nitrogens is 2. The number of hydrogen-bond acceptors (Lipinski definition) is 3. The van der Waals surface area contributed by atoms with Gasteiger partial charge in [-0.15, -0.1) is 0 Å². The molecule has 0 saturated heterocycles. The fraction of sp³-hybridized carbons (Fsp3) is 0. The molecule has 1 aromatic carbocycles. The summed E-state index contributed by atoms with van der Waals surface area (Å²) >= 11 is 5.73. The molecule has 0 radical (unpaired) electrons. The zero-order chi connectivity index (χ0) is 10.3. The zero-order valence-electron chi connectivity index (χ0n) is 6.86. The average Bonchev–Trinajstić information content (AvgIpc) is 2.47. The van der Waals surface area contributed by atoms with Crippen LogP contribution in [0.3, 0.4) is 0 Å². The Morgan fingerprint density at radius 2 is 2.14 bits per heavy atom. The smallest absolute Gasteiger partial charge is 0.239 e. The van der Waals surface area contributed by atoms with Gasteiger partial charge in [0.1, 0.15) is 4.90 Å². The normalized spacial score (nSPS) is 12.1. The summed E-state index contributed by atoms with van der Waals surface area (Å²) in [6.45, 7) is 0. The van der Waals surface area contributed by atoms with Gasteiger partial charge in [0.15, 0.2) is 0 Å². The largest absolute Gasteiger partial charge is 0.345 e. The van der Waals surface area contributed by atoms with Gasteiger partial charge in [-0.3, -0.25) is 0 Å². The van der Waals surface area contributed by atoms with Gasteiger partial charge in [-0.05, 0) is 12.1 Å². The van der Waals surface area contributed by atoms with Crippen molar-refractivity contribution in [3.05, 3.63) is 23.5 Å². The van der Waals surface area contributed by atoms with Gasteiger partial charge in [-0.1, -0.05) is 11.6 Å². The summed E-state index contributed by atoms with van der Waals surface area (Å²) in [7, 11) is -3.78. The molecule has 0 aliphatic carbocycles. The first kappa shape index (κ1) is 9.45. The van der Waals surface area contributed by atoms with E-state index in [1.54, 1.807) is 0 Å². The highest BCUT2D eigenvalue weighted by Crippen LogP contribution is 2.24. The van der Waals surface area contributed by atoms with Gasteiger partial charge < -0.3 is 4.98 Å². The van der Waals surface area contributed by atoms with E-state index in [-0.39, 0.29) is 9.92 Å². The molecular weight excluding hydrogens is 226 g/mol. The molecule has 2 aromatic rings. The van der Waals surface area contributed by atoms with Gasteiger partial charge in [0.05, 0.1) is 22.4 Å².